The molecule has 0 heterocycles. The summed E-state index contributed by atoms with van der Waals surface area (Å²) in [5, 5.41) is 1.27. The van der Waals surface area contributed by atoms with E-state index >= 15 is 0 Å². The van der Waals surface area contributed by atoms with E-state index in [0.717, 1.165) is 0 Å². The zero-order chi connectivity index (χ0) is 7.44. The molecule has 0 aliphatic carbocycles. The van der Waals surface area contributed by atoms with Crippen LogP contribution in [0.1, 0.15) is 0 Å². The van der Waals surface area contributed by atoms with Crippen molar-refractivity contribution in [2.24, 2.45) is 0 Å². The molecule has 10 heavy (non-hydrogen) atoms. The highest BCUT2D eigenvalue weighted by molar-refractivity contribution is 8.12. The summed E-state index contributed by atoms with van der Waals surface area (Å²) in [5.41, 5.74) is 0. The van der Waals surface area contributed by atoms with Gasteiger partial charge in [0.25, 0.3) is 0 Å². The van der Waals surface area contributed by atoms with Gasteiger partial charge in [-0.1, -0.05) is 0 Å². The summed E-state index contributed by atoms with van der Waals surface area (Å²) in [6, 6.07) is 0. The Balaban J connectivity index is 0. The van der Waals surface area contributed by atoms with E-state index < -0.39 is 0 Å². The third-order valence-electron chi connectivity index (χ3n) is 0.948. The SMILES string of the molecule is CSC(N(C)C)=[N+](C)C.[Br-]. The van der Waals surface area contributed by atoms with Gasteiger partial charge in [0.2, 0.25) is 0 Å². The van der Waals surface area contributed by atoms with Crippen molar-refractivity contribution < 1.29 is 21.6 Å². The largest absolute Gasteiger partial charge is 1.00 e. The van der Waals surface area contributed by atoms with Gasteiger partial charge in [-0.15, -0.1) is 0 Å². The average molecular weight is 227 g/mol. The quantitative estimate of drug-likeness (QED) is 0.257. The van der Waals surface area contributed by atoms with E-state index in [4.69, 9.17) is 0 Å². The zero-order valence-corrected chi connectivity index (χ0v) is 9.58. The van der Waals surface area contributed by atoms with Crippen molar-refractivity contribution in [3.63, 3.8) is 0 Å². The van der Waals surface area contributed by atoms with Gasteiger partial charge in [0.15, 0.2) is 0 Å². The molecule has 0 bridgehead atoms. The van der Waals surface area contributed by atoms with Crippen LogP contribution in [-0.4, -0.2) is 49.1 Å². The van der Waals surface area contributed by atoms with E-state index in [1.54, 1.807) is 11.8 Å². The number of rotatable bonds is 0. The lowest BCUT2D eigenvalue weighted by Crippen LogP contribution is -3.00. The van der Waals surface area contributed by atoms with Gasteiger partial charge in [0.05, 0.1) is 28.2 Å². The molecule has 0 unspecified atom stereocenters. The Morgan fingerprint density at radius 1 is 1.30 bits per heavy atom. The molecule has 2 nitrogen and oxygen atoms in total. The highest BCUT2D eigenvalue weighted by atomic mass is 79.9. The minimum Gasteiger partial charge on any atom is -1.00 e. The molecule has 4 heteroatoms. The summed E-state index contributed by atoms with van der Waals surface area (Å²) in [7, 11) is 8.19. The minimum absolute atomic E-state index is 0. The summed E-state index contributed by atoms with van der Waals surface area (Å²) < 4.78 is 2.10. The topological polar surface area (TPSA) is 6.25 Å². The van der Waals surface area contributed by atoms with Gasteiger partial charge in [-0.05, 0) is 18.0 Å². The fraction of sp³-hybridized carbons (Fsp3) is 0.833. The molecule has 0 rings (SSSR count). The third kappa shape index (κ3) is 4.17. The van der Waals surface area contributed by atoms with E-state index in [2.05, 4.69) is 15.7 Å². The van der Waals surface area contributed by atoms with Gasteiger partial charge < -0.3 is 17.0 Å². The lowest BCUT2D eigenvalue weighted by molar-refractivity contribution is -0.466. The highest BCUT2D eigenvalue weighted by Gasteiger charge is 2.07. The van der Waals surface area contributed by atoms with Gasteiger partial charge in [0.1, 0.15) is 0 Å². The summed E-state index contributed by atoms with van der Waals surface area (Å²) in [6.07, 6.45) is 2.08. The maximum atomic E-state index is 2.10. The Hall–Kier alpha value is 0.300. The first-order valence-electron chi connectivity index (χ1n) is 2.85. The van der Waals surface area contributed by atoms with Crippen LogP contribution in [0.25, 0.3) is 0 Å². The van der Waals surface area contributed by atoms with E-state index in [0.29, 0.717) is 0 Å². The predicted molar refractivity (Wildman–Crippen MR) is 44.3 cm³/mol. The minimum atomic E-state index is 0. The number of amidine groups is 1. The molecule has 0 atom stereocenters. The standard InChI is InChI=1S/C6H15N2S.BrH/c1-7(2)6(9-5)8(3)4;/h1-5H3;1H/q+1;/p-1. The normalized spacial score (nSPS) is 8.10. The second-order valence-electron chi connectivity index (χ2n) is 2.28. The smallest absolute Gasteiger partial charge is 0.307 e. The number of thioether (sulfide) groups is 1. The Morgan fingerprint density at radius 3 is 1.70 bits per heavy atom. The fourth-order valence-corrected chi connectivity index (χ4v) is 1.50. The number of halogens is 1. The maximum absolute atomic E-state index is 2.10. The summed E-state index contributed by atoms with van der Waals surface area (Å²) in [5.74, 6) is 0. The van der Waals surface area contributed by atoms with E-state index in [1.807, 2.05) is 28.2 Å². The lowest BCUT2D eigenvalue weighted by Gasteiger charge is -2.07. The molecule has 0 aliphatic heterocycles. The molecular formula is C6H15BrN2S. The van der Waals surface area contributed by atoms with Crippen LogP contribution in [0.4, 0.5) is 0 Å². The summed E-state index contributed by atoms with van der Waals surface area (Å²) >= 11 is 1.75. The van der Waals surface area contributed by atoms with Crippen molar-refractivity contribution in [1.29, 1.82) is 0 Å². The summed E-state index contributed by atoms with van der Waals surface area (Å²) in [6.45, 7) is 0. The molecule has 0 N–H and O–H groups in total. The third-order valence-corrected chi connectivity index (χ3v) is 2.04. The van der Waals surface area contributed by atoms with Gasteiger partial charge >= 0.3 is 5.17 Å². The van der Waals surface area contributed by atoms with Crippen molar-refractivity contribution in [2.75, 3.05) is 34.4 Å². The Bertz CT molecular complexity index is 119. The van der Waals surface area contributed by atoms with Crippen molar-refractivity contribution in [2.45, 2.75) is 0 Å². The molecule has 0 spiro atoms. The molecule has 0 aliphatic rings. The first-order chi connectivity index (χ1) is 4.09. The van der Waals surface area contributed by atoms with Gasteiger partial charge in [0, 0.05) is 0 Å². The van der Waals surface area contributed by atoms with Crippen LogP contribution < -0.4 is 17.0 Å². The van der Waals surface area contributed by atoms with Crippen molar-refractivity contribution >= 4 is 16.9 Å². The van der Waals surface area contributed by atoms with Gasteiger partial charge in [-0.2, -0.15) is 0 Å². The molecule has 0 aromatic rings. The van der Waals surface area contributed by atoms with Crippen LogP contribution in [0.2, 0.25) is 0 Å². The number of hydrogen-bond acceptors (Lipinski definition) is 1. The van der Waals surface area contributed by atoms with Crippen LogP contribution in [0.3, 0.4) is 0 Å². The second kappa shape index (κ2) is 6.04. The van der Waals surface area contributed by atoms with E-state index in [9.17, 15) is 0 Å². The van der Waals surface area contributed by atoms with Gasteiger partial charge in [-0.3, -0.25) is 9.48 Å². The van der Waals surface area contributed by atoms with Gasteiger partial charge in [-0.25, -0.2) is 0 Å². The molecule has 0 aromatic heterocycles. The lowest BCUT2D eigenvalue weighted by atomic mass is 10.9. The van der Waals surface area contributed by atoms with E-state index in [1.165, 1.54) is 5.17 Å². The Kier molecular flexibility index (Phi) is 7.81. The molecule has 62 valence electrons. The van der Waals surface area contributed by atoms with Crippen LogP contribution in [0, 0.1) is 0 Å². The maximum Gasteiger partial charge on any atom is 0.307 e. The Labute approximate surface area is 78.1 Å². The zero-order valence-electron chi connectivity index (χ0n) is 7.18. The predicted octanol–water partition coefficient (Wildman–Crippen LogP) is -2.46. The van der Waals surface area contributed by atoms with Crippen LogP contribution in [0.5, 0.6) is 0 Å². The monoisotopic (exact) mass is 226 g/mol. The first-order valence-corrected chi connectivity index (χ1v) is 4.07. The summed E-state index contributed by atoms with van der Waals surface area (Å²) in [4.78, 5) is 2.10. The number of hydrogen-bond donors (Lipinski definition) is 0. The molecule has 0 radical (unpaired) electrons. The molecule has 0 saturated heterocycles. The van der Waals surface area contributed by atoms with Crippen molar-refractivity contribution in [1.82, 2.24) is 4.90 Å². The molecule has 0 aromatic carbocycles. The van der Waals surface area contributed by atoms with Crippen LogP contribution >= 0.6 is 11.8 Å². The molecule has 0 fully saturated rings. The molecule has 0 amide bonds. The molecular weight excluding hydrogens is 212 g/mol. The van der Waals surface area contributed by atoms with Crippen LogP contribution in [-0.2, 0) is 0 Å². The Morgan fingerprint density at radius 2 is 1.70 bits per heavy atom. The average Bonchev–Trinajstić information content (AvgIpc) is 1.64. The van der Waals surface area contributed by atoms with Crippen molar-refractivity contribution in [3.8, 4) is 0 Å². The molecule has 0 saturated carbocycles. The highest BCUT2D eigenvalue weighted by Crippen LogP contribution is 1.97. The van der Waals surface area contributed by atoms with Crippen molar-refractivity contribution in [3.05, 3.63) is 0 Å². The fourth-order valence-electron chi connectivity index (χ4n) is 0.765. The van der Waals surface area contributed by atoms with Crippen LogP contribution in [0.15, 0.2) is 0 Å². The number of nitrogens with zero attached hydrogens (tertiary/aromatic N) is 2. The first kappa shape index (κ1) is 12.9. The second-order valence-corrected chi connectivity index (χ2v) is 3.05. The van der Waals surface area contributed by atoms with E-state index in [-0.39, 0.29) is 17.0 Å².